The van der Waals surface area contributed by atoms with Gasteiger partial charge in [-0.1, -0.05) is 54.6 Å². The Labute approximate surface area is 190 Å². The Balaban J connectivity index is 1.72. The molecule has 0 saturated carbocycles. The summed E-state index contributed by atoms with van der Waals surface area (Å²) in [6.07, 6.45) is 0.796. The zero-order valence-corrected chi connectivity index (χ0v) is 19.4. The number of para-hydroxylation sites is 1. The first kappa shape index (κ1) is 23.5. The highest BCUT2D eigenvalue weighted by atomic mass is 32.2. The number of likely N-dealkylation sites (N-methyl/N-ethyl adjacent to an activating group) is 1. The summed E-state index contributed by atoms with van der Waals surface area (Å²) < 4.78 is 27.3. The Kier molecular flexibility index (Phi) is 7.66. The van der Waals surface area contributed by atoms with Gasteiger partial charge in [-0.3, -0.25) is 9.10 Å². The molecule has 0 heterocycles. The second-order valence-corrected chi connectivity index (χ2v) is 9.82. The lowest BCUT2D eigenvalue weighted by atomic mass is 10.1. The highest BCUT2D eigenvalue weighted by molar-refractivity contribution is 7.92. The minimum Gasteiger partial charge on any atom is -0.350 e. The predicted molar refractivity (Wildman–Crippen MR) is 128 cm³/mol. The van der Waals surface area contributed by atoms with Gasteiger partial charge in [0, 0.05) is 25.2 Å². The van der Waals surface area contributed by atoms with E-state index in [0.29, 0.717) is 17.8 Å². The van der Waals surface area contributed by atoms with Crippen molar-refractivity contribution in [3.05, 3.63) is 96.1 Å². The molecule has 3 aromatic carbocycles. The number of anilines is 1. The number of carbonyl (C=O) groups excluding carboxylic acids is 1. The SMILES string of the molecule is CN(C)[C@@H](CNC(=O)c1cccc(S(=O)(=O)N(C)c2ccccc2)c1)Cc1ccccc1. The average Bonchev–Trinajstić information content (AvgIpc) is 2.82. The van der Waals surface area contributed by atoms with Crippen LogP contribution in [0.25, 0.3) is 0 Å². The second kappa shape index (κ2) is 10.4. The summed E-state index contributed by atoms with van der Waals surface area (Å²) in [6.45, 7) is 0.446. The minimum absolute atomic E-state index is 0.0740. The van der Waals surface area contributed by atoms with Crippen molar-refractivity contribution < 1.29 is 13.2 Å². The summed E-state index contributed by atoms with van der Waals surface area (Å²) in [5, 5.41) is 2.95. The van der Waals surface area contributed by atoms with Crippen molar-refractivity contribution in [2.75, 3.05) is 32.0 Å². The molecule has 0 unspecified atom stereocenters. The van der Waals surface area contributed by atoms with Crippen LogP contribution in [-0.2, 0) is 16.4 Å². The smallest absolute Gasteiger partial charge is 0.264 e. The van der Waals surface area contributed by atoms with E-state index in [-0.39, 0.29) is 16.8 Å². The third-order valence-corrected chi connectivity index (χ3v) is 7.20. The first-order chi connectivity index (χ1) is 15.3. The number of hydrogen-bond acceptors (Lipinski definition) is 4. The fraction of sp³-hybridized carbons (Fsp3) is 0.240. The van der Waals surface area contributed by atoms with E-state index < -0.39 is 10.0 Å². The minimum atomic E-state index is -3.79. The van der Waals surface area contributed by atoms with Crippen LogP contribution in [0.4, 0.5) is 5.69 Å². The van der Waals surface area contributed by atoms with Crippen molar-refractivity contribution in [3.8, 4) is 0 Å². The summed E-state index contributed by atoms with van der Waals surface area (Å²) in [4.78, 5) is 15.0. The number of nitrogens with zero attached hydrogens (tertiary/aromatic N) is 2. The maximum Gasteiger partial charge on any atom is 0.264 e. The summed E-state index contributed by atoms with van der Waals surface area (Å²) in [6, 6.07) is 25.2. The Morgan fingerprint density at radius 3 is 2.12 bits per heavy atom. The quantitative estimate of drug-likeness (QED) is 0.541. The topological polar surface area (TPSA) is 69.7 Å². The van der Waals surface area contributed by atoms with Gasteiger partial charge in [-0.15, -0.1) is 0 Å². The molecule has 0 bridgehead atoms. The van der Waals surface area contributed by atoms with Crippen molar-refractivity contribution >= 4 is 21.6 Å². The molecule has 0 fully saturated rings. The summed E-state index contributed by atoms with van der Waals surface area (Å²) in [7, 11) is 1.67. The van der Waals surface area contributed by atoms with Crippen LogP contribution < -0.4 is 9.62 Å². The number of sulfonamides is 1. The molecule has 0 aliphatic carbocycles. The average molecular weight is 452 g/mol. The molecule has 1 amide bonds. The molecule has 0 aromatic heterocycles. The van der Waals surface area contributed by atoms with Crippen molar-refractivity contribution in [1.82, 2.24) is 10.2 Å². The zero-order chi connectivity index (χ0) is 23.1. The largest absolute Gasteiger partial charge is 0.350 e. The molecule has 0 saturated heterocycles. The maximum atomic E-state index is 13.1. The van der Waals surface area contributed by atoms with E-state index in [1.165, 1.54) is 29.0 Å². The molecule has 0 aliphatic heterocycles. The van der Waals surface area contributed by atoms with Gasteiger partial charge in [-0.05, 0) is 56.4 Å². The Bertz CT molecular complexity index is 1130. The van der Waals surface area contributed by atoms with Crippen LogP contribution >= 0.6 is 0 Å². The number of carbonyl (C=O) groups is 1. The van der Waals surface area contributed by atoms with Gasteiger partial charge in [-0.25, -0.2) is 8.42 Å². The monoisotopic (exact) mass is 451 g/mol. The lowest BCUT2D eigenvalue weighted by Crippen LogP contribution is -2.41. The first-order valence-electron chi connectivity index (χ1n) is 10.4. The normalized spacial score (nSPS) is 12.4. The van der Waals surface area contributed by atoms with E-state index in [1.54, 1.807) is 36.4 Å². The van der Waals surface area contributed by atoms with E-state index in [0.717, 1.165) is 6.42 Å². The van der Waals surface area contributed by atoms with E-state index in [1.807, 2.05) is 38.4 Å². The summed E-state index contributed by atoms with van der Waals surface area (Å²) in [5.41, 5.74) is 2.05. The molecule has 32 heavy (non-hydrogen) atoms. The molecular formula is C25H29N3O3S. The van der Waals surface area contributed by atoms with E-state index >= 15 is 0 Å². The maximum absolute atomic E-state index is 13.1. The van der Waals surface area contributed by atoms with Gasteiger partial charge >= 0.3 is 0 Å². The molecule has 1 N–H and O–H groups in total. The fourth-order valence-electron chi connectivity index (χ4n) is 3.37. The number of nitrogens with one attached hydrogen (secondary N) is 1. The number of amides is 1. The zero-order valence-electron chi connectivity index (χ0n) is 18.6. The van der Waals surface area contributed by atoms with Gasteiger partial charge in [0.1, 0.15) is 0 Å². The lowest BCUT2D eigenvalue weighted by Gasteiger charge is -2.25. The van der Waals surface area contributed by atoms with Gasteiger partial charge in [0.25, 0.3) is 15.9 Å². The van der Waals surface area contributed by atoms with Crippen molar-refractivity contribution in [2.45, 2.75) is 17.4 Å². The van der Waals surface area contributed by atoms with Crippen molar-refractivity contribution in [1.29, 1.82) is 0 Å². The predicted octanol–water partition coefficient (Wildman–Crippen LogP) is 3.41. The molecule has 3 aromatic rings. The first-order valence-corrected chi connectivity index (χ1v) is 11.9. The second-order valence-electron chi connectivity index (χ2n) is 7.85. The van der Waals surface area contributed by atoms with Gasteiger partial charge < -0.3 is 10.2 Å². The molecule has 0 spiro atoms. The van der Waals surface area contributed by atoms with E-state index in [9.17, 15) is 13.2 Å². The Hall–Kier alpha value is -3.16. The molecule has 7 heteroatoms. The van der Waals surface area contributed by atoms with Gasteiger partial charge in [0.2, 0.25) is 0 Å². The molecule has 6 nitrogen and oxygen atoms in total. The highest BCUT2D eigenvalue weighted by Gasteiger charge is 2.22. The number of benzene rings is 3. The molecule has 0 radical (unpaired) electrons. The van der Waals surface area contributed by atoms with Crippen LogP contribution in [0.5, 0.6) is 0 Å². The van der Waals surface area contributed by atoms with Crippen LogP contribution in [0, 0.1) is 0 Å². The van der Waals surface area contributed by atoms with Crippen LogP contribution in [0.1, 0.15) is 15.9 Å². The van der Waals surface area contributed by atoms with Gasteiger partial charge in [0.05, 0.1) is 10.6 Å². The third-order valence-electron chi connectivity index (χ3n) is 5.42. The summed E-state index contributed by atoms with van der Waals surface area (Å²) in [5.74, 6) is -0.302. The van der Waals surface area contributed by atoms with Gasteiger partial charge in [-0.2, -0.15) is 0 Å². The molecular weight excluding hydrogens is 422 g/mol. The Morgan fingerprint density at radius 2 is 1.50 bits per heavy atom. The standard InChI is InChI=1S/C25H29N3O3S/c1-27(2)23(17-20-11-6-4-7-12-20)19-26-25(29)21-13-10-16-24(18-21)32(30,31)28(3)22-14-8-5-9-15-22/h4-16,18,23H,17,19H2,1-3H3,(H,26,29)/t23-/m1/s1. The fourth-order valence-corrected chi connectivity index (χ4v) is 4.61. The van der Waals surface area contributed by atoms with Crippen LogP contribution in [0.3, 0.4) is 0 Å². The molecule has 168 valence electrons. The number of hydrogen-bond donors (Lipinski definition) is 1. The molecule has 1 atom stereocenters. The lowest BCUT2D eigenvalue weighted by molar-refractivity contribution is 0.0941. The Morgan fingerprint density at radius 1 is 0.875 bits per heavy atom. The van der Waals surface area contributed by atoms with Crippen LogP contribution in [-0.4, -0.2) is 53.0 Å². The van der Waals surface area contributed by atoms with Gasteiger partial charge in [0.15, 0.2) is 0 Å². The van der Waals surface area contributed by atoms with Crippen LogP contribution in [0.15, 0.2) is 89.8 Å². The number of rotatable bonds is 9. The van der Waals surface area contributed by atoms with E-state index in [2.05, 4.69) is 22.3 Å². The highest BCUT2D eigenvalue weighted by Crippen LogP contribution is 2.22. The molecule has 3 rings (SSSR count). The van der Waals surface area contributed by atoms with Crippen molar-refractivity contribution in [2.24, 2.45) is 0 Å². The van der Waals surface area contributed by atoms with E-state index in [4.69, 9.17) is 0 Å². The van der Waals surface area contributed by atoms with Crippen LogP contribution in [0.2, 0.25) is 0 Å². The molecule has 0 aliphatic rings. The summed E-state index contributed by atoms with van der Waals surface area (Å²) >= 11 is 0. The third kappa shape index (κ3) is 5.75. The van der Waals surface area contributed by atoms with Crippen molar-refractivity contribution in [3.63, 3.8) is 0 Å².